The van der Waals surface area contributed by atoms with Crippen LogP contribution in [0.3, 0.4) is 0 Å². The van der Waals surface area contributed by atoms with Crippen molar-refractivity contribution in [1.29, 1.82) is 5.26 Å². The summed E-state index contributed by atoms with van der Waals surface area (Å²) in [6.45, 7) is 0.469. The molecule has 4 nitrogen and oxygen atoms in total. The first kappa shape index (κ1) is 13.6. The van der Waals surface area contributed by atoms with Gasteiger partial charge in [0, 0.05) is 11.8 Å². The number of hydrogen-bond acceptors (Lipinski definition) is 3. The van der Waals surface area contributed by atoms with E-state index in [1.165, 1.54) is 0 Å². The first-order valence-electron chi connectivity index (χ1n) is 6.21. The Morgan fingerprint density at radius 1 is 1.15 bits per heavy atom. The second-order valence-electron chi connectivity index (χ2n) is 4.19. The number of nitrogens with one attached hydrogen (secondary N) is 1. The van der Waals surface area contributed by atoms with E-state index in [1.54, 1.807) is 24.3 Å². The third-order valence-corrected chi connectivity index (χ3v) is 2.61. The number of amides is 1. The molecule has 0 radical (unpaired) electrons. The van der Waals surface area contributed by atoms with Crippen molar-refractivity contribution in [2.75, 3.05) is 5.32 Å². The highest BCUT2D eigenvalue weighted by Gasteiger charge is 2.02. The van der Waals surface area contributed by atoms with Crippen LogP contribution in [0.15, 0.2) is 54.6 Å². The number of nitriles is 1. The van der Waals surface area contributed by atoms with Gasteiger partial charge in [-0.15, -0.1) is 0 Å². The molecule has 0 heterocycles. The molecular formula is C16H14N2O2. The van der Waals surface area contributed by atoms with Gasteiger partial charge < -0.3 is 10.1 Å². The van der Waals surface area contributed by atoms with Crippen LogP contribution in [0.2, 0.25) is 0 Å². The molecule has 2 rings (SSSR count). The Labute approximate surface area is 117 Å². The summed E-state index contributed by atoms with van der Waals surface area (Å²) < 4.78 is 5.66. The molecule has 0 aliphatic heterocycles. The van der Waals surface area contributed by atoms with Crippen LogP contribution in [0, 0.1) is 11.3 Å². The molecule has 0 aromatic heterocycles. The standard InChI is InChI=1S/C16H14N2O2/c17-10-9-16(19)18-14-7-4-8-15(11-14)20-12-13-5-2-1-3-6-13/h1-8,11H,9,12H2,(H,18,19). The molecule has 20 heavy (non-hydrogen) atoms. The monoisotopic (exact) mass is 266 g/mol. The van der Waals surface area contributed by atoms with Gasteiger partial charge in [-0.1, -0.05) is 36.4 Å². The molecule has 0 saturated carbocycles. The van der Waals surface area contributed by atoms with E-state index in [9.17, 15) is 4.79 Å². The number of benzene rings is 2. The van der Waals surface area contributed by atoms with E-state index in [4.69, 9.17) is 10.00 Å². The van der Waals surface area contributed by atoms with Crippen LogP contribution in [0.1, 0.15) is 12.0 Å². The average Bonchev–Trinajstić information content (AvgIpc) is 2.47. The predicted molar refractivity (Wildman–Crippen MR) is 76.1 cm³/mol. The lowest BCUT2D eigenvalue weighted by Gasteiger charge is -2.08. The summed E-state index contributed by atoms with van der Waals surface area (Å²) in [6, 6.07) is 18.7. The topological polar surface area (TPSA) is 62.1 Å². The van der Waals surface area contributed by atoms with Crippen molar-refractivity contribution >= 4 is 11.6 Å². The molecule has 0 unspecified atom stereocenters. The summed E-state index contributed by atoms with van der Waals surface area (Å²) >= 11 is 0. The lowest BCUT2D eigenvalue weighted by Crippen LogP contribution is -2.10. The number of ether oxygens (including phenoxy) is 1. The van der Waals surface area contributed by atoms with Crippen LogP contribution >= 0.6 is 0 Å². The zero-order valence-corrected chi connectivity index (χ0v) is 10.9. The molecule has 0 atom stereocenters. The van der Waals surface area contributed by atoms with Gasteiger partial charge in [0.1, 0.15) is 18.8 Å². The van der Waals surface area contributed by atoms with E-state index < -0.39 is 0 Å². The minimum absolute atomic E-state index is 0.158. The van der Waals surface area contributed by atoms with Crippen LogP contribution in [0.5, 0.6) is 5.75 Å². The first-order chi connectivity index (χ1) is 9.78. The van der Waals surface area contributed by atoms with Crippen LogP contribution in [-0.4, -0.2) is 5.91 Å². The zero-order valence-electron chi connectivity index (χ0n) is 10.9. The SMILES string of the molecule is N#CCC(=O)Nc1cccc(OCc2ccccc2)c1. The molecule has 0 aliphatic carbocycles. The Morgan fingerprint density at radius 2 is 1.95 bits per heavy atom. The average molecular weight is 266 g/mol. The summed E-state index contributed by atoms with van der Waals surface area (Å²) in [5.74, 6) is 0.344. The van der Waals surface area contributed by atoms with Gasteiger partial charge in [0.15, 0.2) is 0 Å². The Bertz CT molecular complexity index is 618. The van der Waals surface area contributed by atoms with Crippen molar-refractivity contribution < 1.29 is 9.53 Å². The summed E-state index contributed by atoms with van der Waals surface area (Å²) in [7, 11) is 0. The molecule has 0 saturated heterocycles. The van der Waals surface area contributed by atoms with E-state index >= 15 is 0 Å². The minimum atomic E-state index is -0.326. The highest BCUT2D eigenvalue weighted by Crippen LogP contribution is 2.18. The fourth-order valence-corrected chi connectivity index (χ4v) is 1.68. The van der Waals surface area contributed by atoms with Gasteiger partial charge in [-0.05, 0) is 17.7 Å². The second kappa shape index (κ2) is 6.95. The second-order valence-corrected chi connectivity index (χ2v) is 4.19. The molecule has 1 amide bonds. The molecule has 2 aromatic rings. The van der Waals surface area contributed by atoms with E-state index in [0.29, 0.717) is 18.0 Å². The lowest BCUT2D eigenvalue weighted by atomic mass is 10.2. The Hall–Kier alpha value is -2.80. The van der Waals surface area contributed by atoms with Crippen molar-refractivity contribution in [3.8, 4) is 11.8 Å². The number of rotatable bonds is 5. The predicted octanol–water partition coefficient (Wildman–Crippen LogP) is 3.12. The third-order valence-electron chi connectivity index (χ3n) is 2.61. The number of carbonyl (C=O) groups is 1. The number of nitrogens with zero attached hydrogens (tertiary/aromatic N) is 1. The smallest absolute Gasteiger partial charge is 0.238 e. The van der Waals surface area contributed by atoms with E-state index in [-0.39, 0.29) is 12.3 Å². The maximum absolute atomic E-state index is 11.3. The molecule has 2 aromatic carbocycles. The van der Waals surface area contributed by atoms with Crippen molar-refractivity contribution in [3.05, 3.63) is 60.2 Å². The highest BCUT2D eigenvalue weighted by molar-refractivity contribution is 5.92. The number of anilines is 1. The van der Waals surface area contributed by atoms with Crippen LogP contribution in [0.25, 0.3) is 0 Å². The van der Waals surface area contributed by atoms with Gasteiger partial charge in [0.2, 0.25) is 5.91 Å². The maximum Gasteiger partial charge on any atom is 0.238 e. The molecule has 4 heteroatoms. The Morgan fingerprint density at radius 3 is 2.70 bits per heavy atom. The van der Waals surface area contributed by atoms with Crippen molar-refractivity contribution in [3.63, 3.8) is 0 Å². The maximum atomic E-state index is 11.3. The Balaban J connectivity index is 1.96. The van der Waals surface area contributed by atoms with Gasteiger partial charge in [-0.2, -0.15) is 5.26 Å². The lowest BCUT2D eigenvalue weighted by molar-refractivity contribution is -0.115. The minimum Gasteiger partial charge on any atom is -0.489 e. The van der Waals surface area contributed by atoms with Crippen molar-refractivity contribution in [2.45, 2.75) is 13.0 Å². The van der Waals surface area contributed by atoms with Crippen LogP contribution in [0.4, 0.5) is 5.69 Å². The van der Waals surface area contributed by atoms with Gasteiger partial charge >= 0.3 is 0 Å². The van der Waals surface area contributed by atoms with Crippen molar-refractivity contribution in [2.24, 2.45) is 0 Å². The van der Waals surface area contributed by atoms with Crippen LogP contribution < -0.4 is 10.1 Å². The van der Waals surface area contributed by atoms with Gasteiger partial charge in [-0.25, -0.2) is 0 Å². The normalized spacial score (nSPS) is 9.55. The third kappa shape index (κ3) is 4.14. The number of carbonyl (C=O) groups excluding carboxylic acids is 1. The van der Waals surface area contributed by atoms with Gasteiger partial charge in [-0.3, -0.25) is 4.79 Å². The van der Waals surface area contributed by atoms with E-state index in [1.807, 2.05) is 36.4 Å². The zero-order chi connectivity index (χ0) is 14.2. The summed E-state index contributed by atoms with van der Waals surface area (Å²) in [5, 5.41) is 11.1. The molecule has 0 spiro atoms. The van der Waals surface area contributed by atoms with Crippen molar-refractivity contribution in [1.82, 2.24) is 0 Å². The van der Waals surface area contributed by atoms with Gasteiger partial charge in [0.05, 0.1) is 6.07 Å². The van der Waals surface area contributed by atoms with E-state index in [2.05, 4.69) is 5.32 Å². The molecular weight excluding hydrogens is 252 g/mol. The van der Waals surface area contributed by atoms with Gasteiger partial charge in [0.25, 0.3) is 0 Å². The molecule has 1 N–H and O–H groups in total. The van der Waals surface area contributed by atoms with Crippen LogP contribution in [-0.2, 0) is 11.4 Å². The fraction of sp³-hybridized carbons (Fsp3) is 0.125. The largest absolute Gasteiger partial charge is 0.489 e. The fourth-order valence-electron chi connectivity index (χ4n) is 1.68. The molecule has 0 bridgehead atoms. The summed E-state index contributed by atoms with van der Waals surface area (Å²) in [6.07, 6.45) is -0.158. The first-order valence-corrected chi connectivity index (χ1v) is 6.21. The van der Waals surface area contributed by atoms with E-state index in [0.717, 1.165) is 5.56 Å². The summed E-state index contributed by atoms with van der Waals surface area (Å²) in [4.78, 5) is 11.3. The quantitative estimate of drug-likeness (QED) is 0.904. The molecule has 0 fully saturated rings. The molecule has 0 aliphatic rings. The molecule has 100 valence electrons. The summed E-state index contributed by atoms with van der Waals surface area (Å²) in [5.41, 5.74) is 1.70. The number of hydrogen-bond donors (Lipinski definition) is 1. The highest BCUT2D eigenvalue weighted by atomic mass is 16.5. The Kier molecular flexibility index (Phi) is 4.74.